The van der Waals surface area contributed by atoms with Crippen molar-refractivity contribution in [3.63, 3.8) is 0 Å². The molecule has 0 radical (unpaired) electrons. The summed E-state index contributed by atoms with van der Waals surface area (Å²) in [7, 11) is 1.46. The monoisotopic (exact) mass is 267 g/mol. The largest absolute Gasteiger partial charge is 0.494 e. The van der Waals surface area contributed by atoms with E-state index in [4.69, 9.17) is 14.2 Å². The van der Waals surface area contributed by atoms with E-state index in [1.165, 1.54) is 7.11 Å². The van der Waals surface area contributed by atoms with Gasteiger partial charge in [0.1, 0.15) is 13.2 Å². The van der Waals surface area contributed by atoms with Gasteiger partial charge >= 0.3 is 0 Å². The predicted octanol–water partition coefficient (Wildman–Crippen LogP) is 1.90. The summed E-state index contributed by atoms with van der Waals surface area (Å²) in [4.78, 5) is 0. The molecule has 3 rings (SSSR count). The molecule has 2 aliphatic rings. The summed E-state index contributed by atoms with van der Waals surface area (Å²) in [5, 5.41) is 3.37. The summed E-state index contributed by atoms with van der Waals surface area (Å²) in [6, 6.07) is 1.87. The summed E-state index contributed by atoms with van der Waals surface area (Å²) in [6.45, 7) is 1.95. The third kappa shape index (κ3) is 2.34. The summed E-state index contributed by atoms with van der Waals surface area (Å²) in [6.07, 6.45) is 2.80. The zero-order valence-corrected chi connectivity index (χ0v) is 11.0. The third-order valence-corrected chi connectivity index (χ3v) is 3.66. The molecule has 19 heavy (non-hydrogen) atoms. The normalized spacial score (nSPS) is 21.5. The number of benzene rings is 1. The van der Waals surface area contributed by atoms with Crippen molar-refractivity contribution in [1.29, 1.82) is 0 Å². The number of halogens is 1. The van der Waals surface area contributed by atoms with E-state index in [0.29, 0.717) is 42.7 Å². The van der Waals surface area contributed by atoms with Crippen LogP contribution in [0.15, 0.2) is 6.07 Å². The molecule has 0 amide bonds. The molecule has 0 aromatic heterocycles. The van der Waals surface area contributed by atoms with Gasteiger partial charge in [-0.1, -0.05) is 0 Å². The Balaban J connectivity index is 1.98. The lowest BCUT2D eigenvalue weighted by Crippen LogP contribution is -2.25. The van der Waals surface area contributed by atoms with Crippen LogP contribution in [-0.2, 0) is 6.42 Å². The highest BCUT2D eigenvalue weighted by atomic mass is 19.1. The fourth-order valence-electron chi connectivity index (χ4n) is 2.71. The van der Waals surface area contributed by atoms with Crippen LogP contribution >= 0.6 is 0 Å². The van der Waals surface area contributed by atoms with E-state index in [9.17, 15) is 4.39 Å². The van der Waals surface area contributed by atoms with Crippen LogP contribution in [0.2, 0.25) is 0 Å². The average molecular weight is 267 g/mol. The first-order valence-corrected chi connectivity index (χ1v) is 6.68. The molecule has 1 unspecified atom stereocenters. The van der Waals surface area contributed by atoms with E-state index in [-0.39, 0.29) is 11.6 Å². The Kier molecular flexibility index (Phi) is 3.46. The number of hydrogen-bond acceptors (Lipinski definition) is 4. The molecular formula is C14H18FNO3. The van der Waals surface area contributed by atoms with Gasteiger partial charge in [-0.3, -0.25) is 0 Å². The van der Waals surface area contributed by atoms with Crippen molar-refractivity contribution in [2.45, 2.75) is 25.3 Å². The van der Waals surface area contributed by atoms with Gasteiger partial charge in [-0.25, -0.2) is 4.39 Å². The molecule has 0 bridgehead atoms. The predicted molar refractivity (Wildman–Crippen MR) is 68.7 cm³/mol. The first kappa shape index (κ1) is 12.5. The summed E-state index contributed by atoms with van der Waals surface area (Å²) in [5.74, 6) is 1.01. The van der Waals surface area contributed by atoms with Gasteiger partial charge in [0, 0.05) is 17.7 Å². The molecule has 0 spiro atoms. The lowest BCUT2D eigenvalue weighted by atomic mass is 10.0. The summed E-state index contributed by atoms with van der Waals surface area (Å²) < 4.78 is 30.6. The van der Waals surface area contributed by atoms with E-state index < -0.39 is 0 Å². The van der Waals surface area contributed by atoms with Crippen molar-refractivity contribution in [3.8, 4) is 17.2 Å². The lowest BCUT2D eigenvalue weighted by Gasteiger charge is -2.24. The van der Waals surface area contributed by atoms with Crippen LogP contribution < -0.4 is 19.5 Å². The second-order valence-electron chi connectivity index (χ2n) is 4.89. The molecule has 1 aromatic carbocycles. The molecular weight excluding hydrogens is 249 g/mol. The fraction of sp³-hybridized carbons (Fsp3) is 0.571. The van der Waals surface area contributed by atoms with Crippen LogP contribution in [0.3, 0.4) is 0 Å². The van der Waals surface area contributed by atoms with Crippen LogP contribution in [0.4, 0.5) is 4.39 Å². The fourth-order valence-corrected chi connectivity index (χ4v) is 2.71. The topological polar surface area (TPSA) is 39.7 Å². The Labute approximate surface area is 111 Å². The quantitative estimate of drug-likeness (QED) is 0.908. The van der Waals surface area contributed by atoms with Gasteiger partial charge in [0.15, 0.2) is 23.1 Å². The van der Waals surface area contributed by atoms with Gasteiger partial charge in [-0.15, -0.1) is 0 Å². The highest BCUT2D eigenvalue weighted by Gasteiger charge is 2.26. The molecule has 2 heterocycles. The van der Waals surface area contributed by atoms with Gasteiger partial charge in [-0.2, -0.15) is 0 Å². The third-order valence-electron chi connectivity index (χ3n) is 3.66. The number of hydrogen-bond donors (Lipinski definition) is 1. The standard InChI is InChI=1S/C14H18FNO3/c1-17-11-8-12-14(19-6-5-18-12)10(13(11)15)7-9-3-2-4-16-9/h8-9,16H,2-7H2,1H3. The maximum absolute atomic E-state index is 14.4. The molecule has 0 aliphatic carbocycles. The zero-order chi connectivity index (χ0) is 13.2. The minimum absolute atomic E-state index is 0.220. The Morgan fingerprint density at radius 3 is 3.00 bits per heavy atom. The number of fused-ring (bicyclic) bond motifs is 1. The first-order valence-electron chi connectivity index (χ1n) is 6.68. The van der Waals surface area contributed by atoms with Gasteiger partial charge in [0.05, 0.1) is 7.11 Å². The summed E-state index contributed by atoms with van der Waals surface area (Å²) >= 11 is 0. The second-order valence-corrected chi connectivity index (χ2v) is 4.89. The van der Waals surface area contributed by atoms with Gasteiger partial charge in [0.2, 0.25) is 0 Å². The van der Waals surface area contributed by atoms with E-state index in [1.54, 1.807) is 6.07 Å². The van der Waals surface area contributed by atoms with E-state index >= 15 is 0 Å². The van der Waals surface area contributed by atoms with Crippen molar-refractivity contribution in [1.82, 2.24) is 5.32 Å². The number of methoxy groups -OCH3 is 1. The van der Waals surface area contributed by atoms with Gasteiger partial charge in [0.25, 0.3) is 0 Å². The van der Waals surface area contributed by atoms with Crippen LogP contribution in [-0.4, -0.2) is 32.9 Å². The molecule has 1 atom stereocenters. The maximum atomic E-state index is 14.4. The zero-order valence-electron chi connectivity index (χ0n) is 11.0. The maximum Gasteiger partial charge on any atom is 0.172 e. The SMILES string of the molecule is COc1cc2c(c(CC3CCCN3)c1F)OCCO2. The smallest absolute Gasteiger partial charge is 0.172 e. The Morgan fingerprint density at radius 2 is 2.26 bits per heavy atom. The van der Waals surface area contributed by atoms with Crippen LogP contribution in [0.5, 0.6) is 17.2 Å². The Hall–Kier alpha value is -1.49. The molecule has 104 valence electrons. The molecule has 1 aromatic rings. The molecule has 1 fully saturated rings. The van der Waals surface area contributed by atoms with Gasteiger partial charge < -0.3 is 19.5 Å². The van der Waals surface area contributed by atoms with Crippen LogP contribution in [0, 0.1) is 5.82 Å². The average Bonchev–Trinajstić information content (AvgIpc) is 2.94. The first-order chi connectivity index (χ1) is 9.29. The van der Waals surface area contributed by atoms with Crippen molar-refractivity contribution >= 4 is 0 Å². The van der Waals surface area contributed by atoms with Crippen LogP contribution in [0.1, 0.15) is 18.4 Å². The number of rotatable bonds is 3. The van der Waals surface area contributed by atoms with Crippen molar-refractivity contribution in [3.05, 3.63) is 17.4 Å². The minimum atomic E-state index is -0.333. The van der Waals surface area contributed by atoms with E-state index in [2.05, 4.69) is 5.32 Å². The van der Waals surface area contributed by atoms with Crippen molar-refractivity contribution in [2.75, 3.05) is 26.9 Å². The molecule has 0 saturated carbocycles. The van der Waals surface area contributed by atoms with E-state index in [1.807, 2.05) is 0 Å². The molecule has 2 aliphatic heterocycles. The molecule has 5 heteroatoms. The molecule has 4 nitrogen and oxygen atoms in total. The van der Waals surface area contributed by atoms with Crippen molar-refractivity contribution < 1.29 is 18.6 Å². The highest BCUT2D eigenvalue weighted by molar-refractivity contribution is 5.54. The van der Waals surface area contributed by atoms with Gasteiger partial charge in [-0.05, 0) is 25.8 Å². The Morgan fingerprint density at radius 1 is 1.42 bits per heavy atom. The second kappa shape index (κ2) is 5.25. The molecule has 1 N–H and O–H groups in total. The minimum Gasteiger partial charge on any atom is -0.494 e. The Bertz CT molecular complexity index is 472. The molecule has 1 saturated heterocycles. The number of nitrogens with one attached hydrogen (secondary N) is 1. The lowest BCUT2D eigenvalue weighted by molar-refractivity contribution is 0.167. The van der Waals surface area contributed by atoms with Crippen LogP contribution in [0.25, 0.3) is 0 Å². The number of ether oxygens (including phenoxy) is 3. The van der Waals surface area contributed by atoms with Crippen molar-refractivity contribution in [2.24, 2.45) is 0 Å². The highest BCUT2D eigenvalue weighted by Crippen LogP contribution is 2.41. The summed E-state index contributed by atoms with van der Waals surface area (Å²) in [5.41, 5.74) is 0.563. The van der Waals surface area contributed by atoms with E-state index in [0.717, 1.165) is 19.4 Å².